The molecule has 0 aliphatic carbocycles. The highest BCUT2D eigenvalue weighted by Crippen LogP contribution is 2.24. The highest BCUT2D eigenvalue weighted by Gasteiger charge is 2.21. The van der Waals surface area contributed by atoms with Crippen molar-refractivity contribution < 1.29 is 18.1 Å². The number of primary amides is 1. The average molecular weight is 302 g/mol. The molecule has 9 nitrogen and oxygen atoms in total. The fourth-order valence-electron chi connectivity index (χ4n) is 1.54. The van der Waals surface area contributed by atoms with Crippen LogP contribution in [0.15, 0.2) is 23.1 Å². The quantitative estimate of drug-likeness (QED) is 0.372. The van der Waals surface area contributed by atoms with Crippen LogP contribution in [0, 0.1) is 10.1 Å². The predicted octanol–water partition coefficient (Wildman–Crippen LogP) is -0.281. The second kappa shape index (κ2) is 5.84. The van der Waals surface area contributed by atoms with Crippen molar-refractivity contribution in [1.29, 1.82) is 0 Å². The van der Waals surface area contributed by atoms with E-state index in [2.05, 4.69) is 4.72 Å². The topological polar surface area (TPSA) is 158 Å². The molecule has 0 saturated carbocycles. The fourth-order valence-corrected chi connectivity index (χ4v) is 2.82. The van der Waals surface area contributed by atoms with Crippen LogP contribution >= 0.6 is 0 Å². The van der Waals surface area contributed by atoms with E-state index in [9.17, 15) is 23.3 Å². The van der Waals surface area contributed by atoms with Crippen molar-refractivity contribution in [1.82, 2.24) is 4.72 Å². The fraction of sp³-hybridized carbons (Fsp3) is 0.300. The molecule has 10 heteroatoms. The van der Waals surface area contributed by atoms with Gasteiger partial charge in [0.25, 0.3) is 5.69 Å². The number of carbonyl (C=O) groups is 1. The molecule has 1 atom stereocenters. The van der Waals surface area contributed by atoms with Crippen molar-refractivity contribution in [3.63, 3.8) is 0 Å². The average Bonchev–Trinajstić information content (AvgIpc) is 2.25. The first kappa shape index (κ1) is 15.9. The summed E-state index contributed by atoms with van der Waals surface area (Å²) < 4.78 is 26.2. The molecular weight excluding hydrogens is 288 g/mol. The van der Waals surface area contributed by atoms with E-state index in [1.165, 1.54) is 6.92 Å². The van der Waals surface area contributed by atoms with E-state index in [0.29, 0.717) is 0 Å². The lowest BCUT2D eigenvalue weighted by Crippen LogP contribution is -2.35. The second-order valence-corrected chi connectivity index (χ2v) is 5.88. The zero-order chi connectivity index (χ0) is 15.5. The van der Waals surface area contributed by atoms with Crippen molar-refractivity contribution in [2.75, 3.05) is 5.73 Å². The largest absolute Gasteiger partial charge is 0.393 e. The van der Waals surface area contributed by atoms with Gasteiger partial charge in [0.15, 0.2) is 0 Å². The molecule has 20 heavy (non-hydrogen) atoms. The zero-order valence-electron chi connectivity index (χ0n) is 10.6. The number of nitro groups is 1. The number of benzene rings is 1. The zero-order valence-corrected chi connectivity index (χ0v) is 11.4. The molecule has 0 aliphatic heterocycles. The van der Waals surface area contributed by atoms with E-state index in [1.54, 1.807) is 0 Å². The summed E-state index contributed by atoms with van der Waals surface area (Å²) in [7, 11) is -3.93. The summed E-state index contributed by atoms with van der Waals surface area (Å²) in [5, 5.41) is 10.6. The number of hydrogen-bond donors (Lipinski definition) is 3. The van der Waals surface area contributed by atoms with Crippen LogP contribution in [0.4, 0.5) is 11.4 Å². The lowest BCUT2D eigenvalue weighted by atomic mass is 10.2. The number of nitrogens with one attached hydrogen (secondary N) is 1. The molecule has 5 N–H and O–H groups in total. The minimum absolute atomic E-state index is 0.165. The highest BCUT2D eigenvalue weighted by molar-refractivity contribution is 7.89. The summed E-state index contributed by atoms with van der Waals surface area (Å²) in [6, 6.07) is 2.35. The van der Waals surface area contributed by atoms with E-state index in [4.69, 9.17) is 11.5 Å². The van der Waals surface area contributed by atoms with E-state index in [-0.39, 0.29) is 22.7 Å². The Morgan fingerprint density at radius 2 is 2.10 bits per heavy atom. The SMILES string of the molecule is CC(CC(N)=O)NS(=O)(=O)c1ccc([N+](=O)[O-])c(N)c1. The van der Waals surface area contributed by atoms with Gasteiger partial charge in [-0.05, 0) is 19.1 Å². The monoisotopic (exact) mass is 302 g/mol. The summed E-state index contributed by atoms with van der Waals surface area (Å²) in [4.78, 5) is 20.4. The maximum Gasteiger partial charge on any atom is 0.292 e. The number of sulfonamides is 1. The molecule has 0 aliphatic rings. The van der Waals surface area contributed by atoms with Gasteiger partial charge in [-0.25, -0.2) is 13.1 Å². The summed E-state index contributed by atoms with van der Waals surface area (Å²) in [6.45, 7) is 1.47. The number of amides is 1. The molecular formula is C10H14N4O5S. The Balaban J connectivity index is 3.02. The molecule has 0 bridgehead atoms. The van der Waals surface area contributed by atoms with Crippen LogP contribution in [-0.2, 0) is 14.8 Å². The maximum absolute atomic E-state index is 12.0. The predicted molar refractivity (Wildman–Crippen MR) is 71.1 cm³/mol. The van der Waals surface area contributed by atoms with Crippen LogP contribution in [0.3, 0.4) is 0 Å². The van der Waals surface area contributed by atoms with E-state index in [1.807, 2.05) is 0 Å². The number of nitrogen functional groups attached to an aromatic ring is 1. The highest BCUT2D eigenvalue weighted by atomic mass is 32.2. The molecule has 0 aromatic heterocycles. The van der Waals surface area contributed by atoms with Gasteiger partial charge in [-0.3, -0.25) is 14.9 Å². The Morgan fingerprint density at radius 3 is 2.55 bits per heavy atom. The van der Waals surface area contributed by atoms with Gasteiger partial charge in [0, 0.05) is 18.5 Å². The van der Waals surface area contributed by atoms with Gasteiger partial charge in [0.1, 0.15) is 5.69 Å². The van der Waals surface area contributed by atoms with Crippen LogP contribution in [0.2, 0.25) is 0 Å². The molecule has 0 heterocycles. The second-order valence-electron chi connectivity index (χ2n) is 4.17. The summed E-state index contributed by atoms with van der Waals surface area (Å²) in [5.74, 6) is -0.650. The summed E-state index contributed by atoms with van der Waals surface area (Å²) in [5.41, 5.74) is 9.74. The lowest BCUT2D eigenvalue weighted by Gasteiger charge is -2.12. The Labute approximate surface area is 115 Å². The van der Waals surface area contributed by atoms with Crippen LogP contribution in [-0.4, -0.2) is 25.3 Å². The molecule has 110 valence electrons. The molecule has 0 spiro atoms. The van der Waals surface area contributed by atoms with Gasteiger partial charge in [0.05, 0.1) is 9.82 Å². The molecule has 1 aromatic rings. The number of hydrogen-bond acceptors (Lipinski definition) is 6. The normalized spacial score (nSPS) is 12.8. The number of nitrogens with zero attached hydrogens (tertiary/aromatic N) is 1. The van der Waals surface area contributed by atoms with Gasteiger partial charge in [-0.2, -0.15) is 0 Å². The first-order chi connectivity index (χ1) is 9.13. The third-order valence-electron chi connectivity index (χ3n) is 2.37. The van der Waals surface area contributed by atoms with Gasteiger partial charge in [-0.1, -0.05) is 0 Å². The minimum atomic E-state index is -3.93. The maximum atomic E-state index is 12.0. The molecule has 1 rings (SSSR count). The molecule has 1 unspecified atom stereocenters. The summed E-state index contributed by atoms with van der Waals surface area (Å²) in [6.07, 6.45) is -0.165. The van der Waals surface area contributed by atoms with E-state index < -0.39 is 26.9 Å². The Morgan fingerprint density at radius 1 is 1.50 bits per heavy atom. The Kier molecular flexibility index (Phi) is 4.63. The van der Waals surface area contributed by atoms with Gasteiger partial charge >= 0.3 is 0 Å². The Bertz CT molecular complexity index is 643. The lowest BCUT2D eigenvalue weighted by molar-refractivity contribution is -0.383. The van der Waals surface area contributed by atoms with Crippen LogP contribution in [0.1, 0.15) is 13.3 Å². The molecule has 0 fully saturated rings. The molecule has 0 radical (unpaired) electrons. The van der Waals surface area contributed by atoms with Crippen LogP contribution in [0.25, 0.3) is 0 Å². The van der Waals surface area contributed by atoms with Crippen molar-refractivity contribution in [2.24, 2.45) is 5.73 Å². The standard InChI is InChI=1S/C10H14N4O5S/c1-6(4-10(12)15)13-20(18,19)7-2-3-9(14(16)17)8(11)5-7/h2-3,5-6,13H,4,11H2,1H3,(H2,12,15). The van der Waals surface area contributed by atoms with Crippen molar-refractivity contribution in [3.8, 4) is 0 Å². The van der Waals surface area contributed by atoms with E-state index in [0.717, 1.165) is 18.2 Å². The number of nitrogens with two attached hydrogens (primary N) is 2. The van der Waals surface area contributed by atoms with Crippen molar-refractivity contribution in [3.05, 3.63) is 28.3 Å². The molecule has 0 saturated heterocycles. The van der Waals surface area contributed by atoms with Crippen LogP contribution in [0.5, 0.6) is 0 Å². The van der Waals surface area contributed by atoms with Crippen LogP contribution < -0.4 is 16.2 Å². The van der Waals surface area contributed by atoms with Gasteiger partial charge in [-0.15, -0.1) is 0 Å². The third kappa shape index (κ3) is 3.90. The first-order valence-electron chi connectivity index (χ1n) is 5.48. The summed E-state index contributed by atoms with van der Waals surface area (Å²) >= 11 is 0. The van der Waals surface area contributed by atoms with Gasteiger partial charge < -0.3 is 11.5 Å². The van der Waals surface area contributed by atoms with Gasteiger partial charge in [0.2, 0.25) is 15.9 Å². The number of anilines is 1. The molecule has 1 amide bonds. The Hall–Kier alpha value is -2.20. The number of nitro benzene ring substituents is 1. The van der Waals surface area contributed by atoms with Crippen molar-refractivity contribution in [2.45, 2.75) is 24.3 Å². The minimum Gasteiger partial charge on any atom is -0.393 e. The smallest absolute Gasteiger partial charge is 0.292 e. The molecule has 1 aromatic carbocycles. The van der Waals surface area contributed by atoms with E-state index >= 15 is 0 Å². The third-order valence-corrected chi connectivity index (χ3v) is 3.96. The first-order valence-corrected chi connectivity index (χ1v) is 6.96. The number of carbonyl (C=O) groups excluding carboxylic acids is 1. The van der Waals surface area contributed by atoms with Crippen molar-refractivity contribution >= 4 is 27.3 Å². The number of rotatable bonds is 6.